The molecule has 0 saturated carbocycles. The lowest BCUT2D eigenvalue weighted by Crippen LogP contribution is -1.99. The van der Waals surface area contributed by atoms with Crippen LogP contribution in [-0.4, -0.2) is 0 Å². The molecule has 4 heteroatoms. The van der Waals surface area contributed by atoms with E-state index in [9.17, 15) is 0 Å². The van der Waals surface area contributed by atoms with E-state index in [0.717, 1.165) is 21.3 Å². The highest BCUT2D eigenvalue weighted by molar-refractivity contribution is 9.10. The van der Waals surface area contributed by atoms with E-state index in [2.05, 4.69) is 15.9 Å². The Morgan fingerprint density at radius 1 is 1.17 bits per heavy atom. The van der Waals surface area contributed by atoms with Crippen molar-refractivity contribution in [1.29, 1.82) is 0 Å². The van der Waals surface area contributed by atoms with Gasteiger partial charge in [-0.3, -0.25) is 0 Å². The summed E-state index contributed by atoms with van der Waals surface area (Å²) in [7, 11) is 0. The lowest BCUT2D eigenvalue weighted by Gasteiger charge is -2.09. The second-order valence-electron chi connectivity index (χ2n) is 3.88. The van der Waals surface area contributed by atoms with Crippen molar-refractivity contribution in [2.24, 2.45) is 5.73 Å². The zero-order valence-corrected chi connectivity index (χ0v) is 12.0. The van der Waals surface area contributed by atoms with Crippen LogP contribution in [0.15, 0.2) is 46.9 Å². The van der Waals surface area contributed by atoms with E-state index in [0.29, 0.717) is 18.2 Å². The SMILES string of the molecule is NCc1cc(Br)cc(OCc2ccccc2Cl)c1. The first-order valence-corrected chi connectivity index (χ1v) is 6.72. The maximum absolute atomic E-state index is 6.07. The number of rotatable bonds is 4. The van der Waals surface area contributed by atoms with Gasteiger partial charge in [0.2, 0.25) is 0 Å². The molecule has 0 aromatic heterocycles. The van der Waals surface area contributed by atoms with E-state index in [1.165, 1.54) is 0 Å². The highest BCUT2D eigenvalue weighted by Crippen LogP contribution is 2.23. The molecule has 0 unspecified atom stereocenters. The van der Waals surface area contributed by atoms with Gasteiger partial charge < -0.3 is 10.5 Å². The maximum Gasteiger partial charge on any atom is 0.121 e. The van der Waals surface area contributed by atoms with Gasteiger partial charge in [0.25, 0.3) is 0 Å². The van der Waals surface area contributed by atoms with Crippen molar-refractivity contribution in [1.82, 2.24) is 0 Å². The maximum atomic E-state index is 6.07. The molecule has 0 amide bonds. The van der Waals surface area contributed by atoms with Crippen LogP contribution < -0.4 is 10.5 Å². The van der Waals surface area contributed by atoms with Crippen LogP contribution in [0.1, 0.15) is 11.1 Å². The molecule has 2 aromatic rings. The van der Waals surface area contributed by atoms with Gasteiger partial charge in [0, 0.05) is 21.6 Å². The molecule has 2 nitrogen and oxygen atoms in total. The predicted molar refractivity (Wildman–Crippen MR) is 77.8 cm³/mol. The standard InChI is InChI=1S/C14H13BrClNO/c15-12-5-10(8-17)6-13(7-12)18-9-11-3-1-2-4-14(11)16/h1-7H,8-9,17H2. The second kappa shape index (κ2) is 6.23. The van der Waals surface area contributed by atoms with Gasteiger partial charge in [0.05, 0.1) is 0 Å². The van der Waals surface area contributed by atoms with Crippen LogP contribution in [0.25, 0.3) is 0 Å². The lowest BCUT2D eigenvalue weighted by atomic mass is 10.2. The Bertz CT molecular complexity index is 545. The molecule has 0 spiro atoms. The number of ether oxygens (including phenoxy) is 1. The van der Waals surface area contributed by atoms with Crippen molar-refractivity contribution in [2.75, 3.05) is 0 Å². The molecule has 0 atom stereocenters. The third-order valence-electron chi connectivity index (χ3n) is 2.52. The van der Waals surface area contributed by atoms with Gasteiger partial charge in [-0.1, -0.05) is 45.7 Å². The molecular weight excluding hydrogens is 314 g/mol. The highest BCUT2D eigenvalue weighted by atomic mass is 79.9. The fourth-order valence-electron chi connectivity index (χ4n) is 1.60. The zero-order valence-electron chi connectivity index (χ0n) is 9.70. The van der Waals surface area contributed by atoms with E-state index in [4.69, 9.17) is 22.1 Å². The van der Waals surface area contributed by atoms with Crippen molar-refractivity contribution in [3.05, 3.63) is 63.1 Å². The van der Waals surface area contributed by atoms with Crippen LogP contribution in [0.2, 0.25) is 5.02 Å². The number of hydrogen-bond donors (Lipinski definition) is 1. The number of benzene rings is 2. The Hall–Kier alpha value is -1.03. The van der Waals surface area contributed by atoms with E-state index >= 15 is 0 Å². The average molecular weight is 327 g/mol. The minimum atomic E-state index is 0.445. The molecule has 2 aromatic carbocycles. The summed E-state index contributed by atoms with van der Waals surface area (Å²) in [6.45, 7) is 0.933. The van der Waals surface area contributed by atoms with Gasteiger partial charge in [-0.2, -0.15) is 0 Å². The minimum absolute atomic E-state index is 0.445. The first kappa shape index (κ1) is 13.4. The topological polar surface area (TPSA) is 35.2 Å². The normalized spacial score (nSPS) is 10.4. The van der Waals surface area contributed by atoms with Crippen LogP contribution in [0.4, 0.5) is 0 Å². The monoisotopic (exact) mass is 325 g/mol. The van der Waals surface area contributed by atoms with Gasteiger partial charge >= 0.3 is 0 Å². The average Bonchev–Trinajstić information content (AvgIpc) is 2.37. The molecule has 0 bridgehead atoms. The van der Waals surface area contributed by atoms with Crippen molar-refractivity contribution in [3.8, 4) is 5.75 Å². The molecule has 0 heterocycles. The predicted octanol–water partition coefficient (Wildman–Crippen LogP) is 4.14. The summed E-state index contributed by atoms with van der Waals surface area (Å²) in [4.78, 5) is 0. The molecule has 0 aliphatic rings. The lowest BCUT2D eigenvalue weighted by molar-refractivity contribution is 0.306. The smallest absolute Gasteiger partial charge is 0.121 e. The quantitative estimate of drug-likeness (QED) is 0.916. The fourth-order valence-corrected chi connectivity index (χ4v) is 2.31. The first-order chi connectivity index (χ1) is 8.69. The van der Waals surface area contributed by atoms with Gasteiger partial charge in [-0.05, 0) is 29.8 Å². The highest BCUT2D eigenvalue weighted by Gasteiger charge is 2.02. The number of nitrogens with two attached hydrogens (primary N) is 1. The molecule has 94 valence electrons. The van der Waals surface area contributed by atoms with Crippen molar-refractivity contribution in [2.45, 2.75) is 13.2 Å². The Morgan fingerprint density at radius 2 is 1.94 bits per heavy atom. The number of halogens is 2. The number of hydrogen-bond acceptors (Lipinski definition) is 2. The summed E-state index contributed by atoms with van der Waals surface area (Å²) < 4.78 is 6.68. The van der Waals surface area contributed by atoms with Crippen molar-refractivity contribution in [3.63, 3.8) is 0 Å². The van der Waals surface area contributed by atoms with Crippen LogP contribution in [0.3, 0.4) is 0 Å². The van der Waals surface area contributed by atoms with Crippen LogP contribution in [0, 0.1) is 0 Å². The van der Waals surface area contributed by atoms with E-state index in [-0.39, 0.29) is 0 Å². The van der Waals surface area contributed by atoms with Gasteiger partial charge in [0.1, 0.15) is 12.4 Å². The van der Waals surface area contributed by atoms with Gasteiger partial charge in [-0.25, -0.2) is 0 Å². The molecule has 0 aliphatic heterocycles. The van der Waals surface area contributed by atoms with Crippen LogP contribution in [0.5, 0.6) is 5.75 Å². The fraction of sp³-hybridized carbons (Fsp3) is 0.143. The minimum Gasteiger partial charge on any atom is -0.489 e. The van der Waals surface area contributed by atoms with Crippen molar-refractivity contribution < 1.29 is 4.74 Å². The molecule has 0 fully saturated rings. The molecule has 0 aliphatic carbocycles. The Kier molecular flexibility index (Phi) is 4.64. The van der Waals surface area contributed by atoms with Gasteiger partial charge in [0.15, 0.2) is 0 Å². The third-order valence-corrected chi connectivity index (χ3v) is 3.35. The summed E-state index contributed by atoms with van der Waals surface area (Å²) in [6, 6.07) is 13.5. The summed E-state index contributed by atoms with van der Waals surface area (Å²) in [5.74, 6) is 0.782. The summed E-state index contributed by atoms with van der Waals surface area (Å²) in [5, 5.41) is 0.714. The summed E-state index contributed by atoms with van der Waals surface area (Å²) in [5.41, 5.74) is 7.61. The molecule has 2 N–H and O–H groups in total. The van der Waals surface area contributed by atoms with E-state index < -0.39 is 0 Å². The second-order valence-corrected chi connectivity index (χ2v) is 5.20. The molecule has 2 rings (SSSR count). The first-order valence-electron chi connectivity index (χ1n) is 5.55. The van der Waals surface area contributed by atoms with Crippen LogP contribution in [-0.2, 0) is 13.2 Å². The molecule has 18 heavy (non-hydrogen) atoms. The van der Waals surface area contributed by atoms with Crippen LogP contribution >= 0.6 is 27.5 Å². The van der Waals surface area contributed by atoms with E-state index in [1.807, 2.05) is 42.5 Å². The summed E-state index contributed by atoms with van der Waals surface area (Å²) >= 11 is 9.50. The van der Waals surface area contributed by atoms with Gasteiger partial charge in [-0.15, -0.1) is 0 Å². The summed E-state index contributed by atoms with van der Waals surface area (Å²) in [6.07, 6.45) is 0. The van der Waals surface area contributed by atoms with E-state index in [1.54, 1.807) is 0 Å². The largest absolute Gasteiger partial charge is 0.489 e. The van der Waals surface area contributed by atoms with Crippen molar-refractivity contribution >= 4 is 27.5 Å². The zero-order chi connectivity index (χ0) is 13.0. The molecule has 0 radical (unpaired) electrons. The Morgan fingerprint density at radius 3 is 2.67 bits per heavy atom. The Balaban J connectivity index is 2.11. The molecular formula is C14H13BrClNO. The Labute approximate surface area is 120 Å². The third kappa shape index (κ3) is 3.48. The molecule has 0 saturated heterocycles.